The van der Waals surface area contributed by atoms with Crippen molar-refractivity contribution in [3.05, 3.63) is 29.8 Å². The summed E-state index contributed by atoms with van der Waals surface area (Å²) in [5.41, 5.74) is 6.48. The topological polar surface area (TPSA) is 77.2 Å². The molecule has 0 saturated carbocycles. The fourth-order valence-corrected chi connectivity index (χ4v) is 2.69. The Kier molecular flexibility index (Phi) is 4.64. The van der Waals surface area contributed by atoms with Crippen LogP contribution < -0.4 is 15.8 Å². The maximum absolute atomic E-state index is 11.7. The maximum atomic E-state index is 11.7. The highest BCUT2D eigenvalue weighted by Gasteiger charge is 2.08. The van der Waals surface area contributed by atoms with Gasteiger partial charge in [0.1, 0.15) is 5.75 Å². The van der Waals surface area contributed by atoms with Crippen molar-refractivity contribution in [1.29, 1.82) is 0 Å². The van der Waals surface area contributed by atoms with Crippen LogP contribution in [0, 0.1) is 0 Å². The summed E-state index contributed by atoms with van der Waals surface area (Å²) in [6.45, 7) is 0. The first-order valence-corrected chi connectivity index (χ1v) is 7.31. The first-order valence-electron chi connectivity index (χ1n) is 5.44. The molecule has 7 heteroatoms. The van der Waals surface area contributed by atoms with Gasteiger partial charge < -0.3 is 15.8 Å². The van der Waals surface area contributed by atoms with Gasteiger partial charge in [0.05, 0.1) is 12.9 Å². The molecule has 0 aliphatic carbocycles. The van der Waals surface area contributed by atoms with Gasteiger partial charge in [-0.1, -0.05) is 0 Å². The third-order valence-corrected chi connectivity index (χ3v) is 4.02. The summed E-state index contributed by atoms with van der Waals surface area (Å²) in [4.78, 5) is 16.5. The van der Waals surface area contributed by atoms with Crippen LogP contribution in [0.2, 0.25) is 0 Å². The minimum atomic E-state index is -0.109. The Morgan fingerprint density at radius 3 is 3.11 bits per heavy atom. The number of nitrogens with one attached hydrogen (secondary N) is 1. The van der Waals surface area contributed by atoms with E-state index >= 15 is 0 Å². The van der Waals surface area contributed by atoms with Gasteiger partial charge in [0, 0.05) is 22.2 Å². The average molecular weight is 295 g/mol. The molecule has 0 bridgehead atoms. The molecule has 19 heavy (non-hydrogen) atoms. The van der Waals surface area contributed by atoms with Crippen LogP contribution in [0.3, 0.4) is 0 Å². The van der Waals surface area contributed by atoms with Crippen LogP contribution in [0.1, 0.15) is 0 Å². The van der Waals surface area contributed by atoms with E-state index in [1.54, 1.807) is 25.4 Å². The van der Waals surface area contributed by atoms with Crippen LogP contribution in [-0.2, 0) is 4.79 Å². The van der Waals surface area contributed by atoms with Gasteiger partial charge in [-0.2, -0.15) is 0 Å². The second-order valence-corrected chi connectivity index (χ2v) is 5.49. The molecule has 1 aromatic carbocycles. The first-order chi connectivity index (χ1) is 9.19. The van der Waals surface area contributed by atoms with Crippen LogP contribution in [0.15, 0.2) is 34.7 Å². The zero-order chi connectivity index (χ0) is 13.7. The summed E-state index contributed by atoms with van der Waals surface area (Å²) in [6.07, 6.45) is 1.65. The fourth-order valence-electron chi connectivity index (χ4n) is 1.35. The van der Waals surface area contributed by atoms with Gasteiger partial charge >= 0.3 is 0 Å². The van der Waals surface area contributed by atoms with Crippen LogP contribution in [0.25, 0.3) is 0 Å². The van der Waals surface area contributed by atoms with E-state index in [9.17, 15) is 4.79 Å². The van der Waals surface area contributed by atoms with Gasteiger partial charge in [-0.25, -0.2) is 4.98 Å². The molecule has 2 rings (SSSR count). The second-order valence-electron chi connectivity index (χ2n) is 3.58. The molecule has 5 nitrogen and oxygen atoms in total. The Morgan fingerprint density at radius 2 is 2.42 bits per heavy atom. The number of hydrogen-bond acceptors (Lipinski definition) is 6. The van der Waals surface area contributed by atoms with Crippen molar-refractivity contribution in [2.24, 2.45) is 0 Å². The Bertz CT molecular complexity index is 558. The number of nitrogens with two attached hydrogens (primary N) is 1. The SMILES string of the molecule is COc1ccc(N)c(SCC(=O)Nc2nccs2)c1. The number of thioether (sulfide) groups is 1. The van der Waals surface area contributed by atoms with Gasteiger partial charge in [-0.05, 0) is 18.2 Å². The van der Waals surface area contributed by atoms with E-state index in [0.29, 0.717) is 10.8 Å². The maximum Gasteiger partial charge on any atom is 0.236 e. The van der Waals surface area contributed by atoms with Crippen molar-refractivity contribution in [1.82, 2.24) is 4.98 Å². The fraction of sp³-hybridized carbons (Fsp3) is 0.167. The molecule has 0 aliphatic heterocycles. The Balaban J connectivity index is 1.93. The lowest BCUT2D eigenvalue weighted by Gasteiger charge is -2.07. The lowest BCUT2D eigenvalue weighted by atomic mass is 10.3. The zero-order valence-electron chi connectivity index (χ0n) is 10.3. The van der Waals surface area contributed by atoms with E-state index in [4.69, 9.17) is 10.5 Å². The number of carbonyl (C=O) groups is 1. The highest BCUT2D eigenvalue weighted by molar-refractivity contribution is 8.00. The van der Waals surface area contributed by atoms with Gasteiger partial charge in [0.15, 0.2) is 5.13 Å². The van der Waals surface area contributed by atoms with Crippen molar-refractivity contribution in [3.8, 4) is 5.75 Å². The summed E-state index contributed by atoms with van der Waals surface area (Å²) < 4.78 is 5.12. The van der Waals surface area contributed by atoms with E-state index in [2.05, 4.69) is 10.3 Å². The van der Waals surface area contributed by atoms with E-state index < -0.39 is 0 Å². The number of methoxy groups -OCH3 is 1. The van der Waals surface area contributed by atoms with Crippen LogP contribution in [0.5, 0.6) is 5.75 Å². The predicted molar refractivity (Wildman–Crippen MR) is 78.9 cm³/mol. The van der Waals surface area contributed by atoms with E-state index in [1.807, 2.05) is 11.4 Å². The smallest absolute Gasteiger partial charge is 0.236 e. The number of rotatable bonds is 5. The lowest BCUT2D eigenvalue weighted by molar-refractivity contribution is -0.113. The largest absolute Gasteiger partial charge is 0.497 e. The van der Waals surface area contributed by atoms with Gasteiger partial charge in [0.2, 0.25) is 5.91 Å². The number of benzene rings is 1. The summed E-state index contributed by atoms with van der Waals surface area (Å²) >= 11 is 2.75. The Labute approximate surface area is 119 Å². The molecule has 2 aromatic rings. The number of amides is 1. The summed E-state index contributed by atoms with van der Waals surface area (Å²) in [5, 5.41) is 5.13. The summed E-state index contributed by atoms with van der Waals surface area (Å²) in [5.74, 6) is 0.885. The van der Waals surface area contributed by atoms with Gasteiger partial charge in [-0.15, -0.1) is 23.1 Å². The molecule has 1 aromatic heterocycles. The number of ether oxygens (including phenoxy) is 1. The second kappa shape index (κ2) is 6.44. The van der Waals surface area contributed by atoms with Gasteiger partial charge in [0.25, 0.3) is 0 Å². The van der Waals surface area contributed by atoms with Gasteiger partial charge in [-0.3, -0.25) is 4.79 Å². The van der Waals surface area contributed by atoms with Crippen LogP contribution in [0.4, 0.5) is 10.8 Å². The number of thiazole rings is 1. The minimum Gasteiger partial charge on any atom is -0.497 e. The van der Waals surface area contributed by atoms with E-state index in [1.165, 1.54) is 23.1 Å². The molecule has 0 aliphatic rings. The van der Waals surface area contributed by atoms with E-state index in [0.717, 1.165) is 10.6 Å². The number of nitrogen functional groups attached to an aromatic ring is 1. The molecule has 0 unspecified atom stereocenters. The molecule has 0 fully saturated rings. The van der Waals surface area contributed by atoms with Crippen LogP contribution >= 0.6 is 23.1 Å². The normalized spacial score (nSPS) is 10.2. The summed E-state index contributed by atoms with van der Waals surface area (Å²) in [6, 6.07) is 5.37. The monoisotopic (exact) mass is 295 g/mol. The molecule has 0 saturated heterocycles. The van der Waals surface area contributed by atoms with Crippen molar-refractivity contribution in [2.75, 3.05) is 23.9 Å². The molecule has 3 N–H and O–H groups in total. The molecular formula is C12H13N3O2S2. The number of carbonyl (C=O) groups excluding carboxylic acids is 1. The third kappa shape index (κ3) is 3.87. The Hall–Kier alpha value is -1.73. The molecule has 0 radical (unpaired) electrons. The molecule has 0 spiro atoms. The quantitative estimate of drug-likeness (QED) is 0.654. The molecule has 100 valence electrons. The Morgan fingerprint density at radius 1 is 1.58 bits per heavy atom. The molecule has 1 amide bonds. The van der Waals surface area contributed by atoms with E-state index in [-0.39, 0.29) is 11.7 Å². The third-order valence-electron chi connectivity index (χ3n) is 2.26. The highest BCUT2D eigenvalue weighted by Crippen LogP contribution is 2.29. The standard InChI is InChI=1S/C12H13N3O2S2/c1-17-8-2-3-9(13)10(6-8)19-7-11(16)15-12-14-4-5-18-12/h2-6H,7,13H2,1H3,(H,14,15,16). The molecular weight excluding hydrogens is 282 g/mol. The number of anilines is 2. The number of hydrogen-bond donors (Lipinski definition) is 2. The molecule has 0 atom stereocenters. The van der Waals surface area contributed by atoms with Crippen molar-refractivity contribution in [2.45, 2.75) is 4.90 Å². The number of aromatic nitrogens is 1. The van der Waals surface area contributed by atoms with Crippen LogP contribution in [-0.4, -0.2) is 23.8 Å². The average Bonchev–Trinajstić information content (AvgIpc) is 2.90. The summed E-state index contributed by atoms with van der Waals surface area (Å²) in [7, 11) is 1.59. The number of nitrogens with zero attached hydrogens (tertiary/aromatic N) is 1. The zero-order valence-corrected chi connectivity index (χ0v) is 11.9. The first kappa shape index (κ1) is 13.7. The minimum absolute atomic E-state index is 0.109. The highest BCUT2D eigenvalue weighted by atomic mass is 32.2. The molecule has 1 heterocycles. The van der Waals surface area contributed by atoms with Crippen molar-refractivity contribution >= 4 is 39.8 Å². The lowest BCUT2D eigenvalue weighted by Crippen LogP contribution is -2.13. The predicted octanol–water partition coefficient (Wildman–Crippen LogP) is 2.46. The van der Waals surface area contributed by atoms with Crippen molar-refractivity contribution in [3.63, 3.8) is 0 Å². The van der Waals surface area contributed by atoms with Crippen molar-refractivity contribution < 1.29 is 9.53 Å².